The molecule has 2 amide bonds. The van der Waals surface area contributed by atoms with Crippen molar-refractivity contribution in [2.45, 2.75) is 25.8 Å². The molecule has 0 saturated heterocycles. The molecule has 0 spiro atoms. The lowest BCUT2D eigenvalue weighted by molar-refractivity contribution is -0.126. The molecule has 0 unspecified atom stereocenters. The Bertz CT molecular complexity index is 1320. The van der Waals surface area contributed by atoms with Crippen molar-refractivity contribution in [3.05, 3.63) is 101 Å². The van der Waals surface area contributed by atoms with E-state index < -0.39 is 6.04 Å². The van der Waals surface area contributed by atoms with Gasteiger partial charge in [-0.2, -0.15) is 5.26 Å². The van der Waals surface area contributed by atoms with Gasteiger partial charge in [0.05, 0.1) is 18.1 Å². The number of H-pyrrole nitrogens is 1. The number of aryl methyl sites for hydroxylation is 1. The van der Waals surface area contributed by atoms with Crippen LogP contribution in [0.5, 0.6) is 0 Å². The summed E-state index contributed by atoms with van der Waals surface area (Å²) in [5.41, 5.74) is 4.87. The van der Waals surface area contributed by atoms with Crippen LogP contribution in [-0.2, 0) is 22.4 Å². The van der Waals surface area contributed by atoms with E-state index in [-0.39, 0.29) is 18.2 Å². The molecule has 0 radical (unpaired) electrons. The minimum absolute atomic E-state index is 0.172. The quantitative estimate of drug-likeness (QED) is 0.404. The van der Waals surface area contributed by atoms with E-state index in [2.05, 4.69) is 21.7 Å². The Hall–Kier alpha value is -4.37. The van der Waals surface area contributed by atoms with Crippen LogP contribution in [0.25, 0.3) is 10.9 Å². The zero-order chi connectivity index (χ0) is 23.2. The number of nitrogens with zero attached hydrogens (tertiary/aromatic N) is 1. The Labute approximate surface area is 192 Å². The summed E-state index contributed by atoms with van der Waals surface area (Å²) in [4.78, 5) is 29.4. The molecule has 3 aromatic carbocycles. The van der Waals surface area contributed by atoms with E-state index in [9.17, 15) is 9.59 Å². The summed E-state index contributed by atoms with van der Waals surface area (Å²) in [5, 5.41) is 15.7. The maximum atomic E-state index is 13.1. The lowest BCUT2D eigenvalue weighted by atomic mass is 10.0. The predicted octanol–water partition coefficient (Wildman–Crippen LogP) is 4.26. The van der Waals surface area contributed by atoms with Crippen LogP contribution in [0.1, 0.15) is 22.4 Å². The lowest BCUT2D eigenvalue weighted by Crippen LogP contribution is -2.45. The van der Waals surface area contributed by atoms with Crippen LogP contribution in [0.2, 0.25) is 0 Å². The zero-order valence-electron chi connectivity index (χ0n) is 18.3. The molecular formula is C27H24N4O2. The van der Waals surface area contributed by atoms with E-state index in [0.29, 0.717) is 17.7 Å². The number of nitrogens with one attached hydrogen (secondary N) is 3. The molecule has 0 aliphatic heterocycles. The third-order valence-corrected chi connectivity index (χ3v) is 5.58. The first-order valence-corrected chi connectivity index (χ1v) is 10.7. The minimum Gasteiger partial charge on any atom is -0.358 e. The number of para-hydroxylation sites is 1. The van der Waals surface area contributed by atoms with Crippen molar-refractivity contribution in [1.82, 2.24) is 10.3 Å². The number of fused-ring (bicyclic) bond motifs is 1. The molecule has 6 heteroatoms. The van der Waals surface area contributed by atoms with Crippen molar-refractivity contribution >= 4 is 28.4 Å². The van der Waals surface area contributed by atoms with Crippen LogP contribution in [0, 0.1) is 18.3 Å². The number of carbonyl (C=O) groups excluding carboxylic acids is 2. The van der Waals surface area contributed by atoms with Gasteiger partial charge in [-0.15, -0.1) is 0 Å². The second-order valence-electron chi connectivity index (χ2n) is 7.94. The number of carbonyl (C=O) groups is 2. The van der Waals surface area contributed by atoms with E-state index in [1.807, 2.05) is 61.5 Å². The largest absolute Gasteiger partial charge is 0.358 e. The maximum absolute atomic E-state index is 13.1. The SMILES string of the molecule is Cc1[nH]c2ccccc2c1CC(=O)N[C@@H](Cc1ccccc1)C(=O)Nc1ccc(C#N)cc1. The second kappa shape index (κ2) is 9.84. The number of hydrogen-bond acceptors (Lipinski definition) is 3. The van der Waals surface area contributed by atoms with Gasteiger partial charge in [-0.05, 0) is 48.4 Å². The van der Waals surface area contributed by atoms with Gasteiger partial charge in [-0.25, -0.2) is 0 Å². The van der Waals surface area contributed by atoms with Gasteiger partial charge in [0, 0.05) is 28.7 Å². The highest BCUT2D eigenvalue weighted by atomic mass is 16.2. The summed E-state index contributed by atoms with van der Waals surface area (Å²) < 4.78 is 0. The number of hydrogen-bond donors (Lipinski definition) is 3. The van der Waals surface area contributed by atoms with Crippen LogP contribution in [-0.4, -0.2) is 22.8 Å². The lowest BCUT2D eigenvalue weighted by Gasteiger charge is -2.19. The molecule has 1 heterocycles. The molecule has 3 N–H and O–H groups in total. The first kappa shape index (κ1) is 21.8. The van der Waals surface area contributed by atoms with E-state index >= 15 is 0 Å². The van der Waals surface area contributed by atoms with Crippen LogP contribution in [0.4, 0.5) is 5.69 Å². The third-order valence-electron chi connectivity index (χ3n) is 5.58. The van der Waals surface area contributed by atoms with E-state index in [1.54, 1.807) is 24.3 Å². The first-order valence-electron chi connectivity index (χ1n) is 10.7. The fraction of sp³-hybridized carbons (Fsp3) is 0.148. The topological polar surface area (TPSA) is 97.8 Å². The first-order chi connectivity index (χ1) is 16.0. The minimum atomic E-state index is -0.749. The summed E-state index contributed by atoms with van der Waals surface area (Å²) in [6, 6.07) is 25.4. The molecule has 164 valence electrons. The summed E-state index contributed by atoms with van der Waals surface area (Å²) in [6.45, 7) is 1.95. The fourth-order valence-corrected chi connectivity index (χ4v) is 3.88. The molecule has 4 rings (SSSR count). The molecular weight excluding hydrogens is 412 g/mol. The fourth-order valence-electron chi connectivity index (χ4n) is 3.88. The van der Waals surface area contributed by atoms with Crippen molar-refractivity contribution in [2.75, 3.05) is 5.32 Å². The number of aromatic amines is 1. The van der Waals surface area contributed by atoms with Gasteiger partial charge in [0.15, 0.2) is 0 Å². The molecule has 0 saturated carbocycles. The summed E-state index contributed by atoms with van der Waals surface area (Å²) in [7, 11) is 0. The second-order valence-corrected chi connectivity index (χ2v) is 7.94. The van der Waals surface area contributed by atoms with Crippen molar-refractivity contribution in [1.29, 1.82) is 5.26 Å². The van der Waals surface area contributed by atoms with Crippen molar-refractivity contribution < 1.29 is 9.59 Å². The number of benzene rings is 3. The number of aromatic nitrogens is 1. The van der Waals surface area contributed by atoms with Gasteiger partial charge in [0.25, 0.3) is 0 Å². The monoisotopic (exact) mass is 436 g/mol. The number of nitriles is 1. The van der Waals surface area contributed by atoms with Crippen molar-refractivity contribution in [3.63, 3.8) is 0 Å². The molecule has 0 fully saturated rings. The van der Waals surface area contributed by atoms with Crippen LogP contribution < -0.4 is 10.6 Å². The highest BCUT2D eigenvalue weighted by Crippen LogP contribution is 2.22. The van der Waals surface area contributed by atoms with Gasteiger partial charge in [0.1, 0.15) is 6.04 Å². The Balaban J connectivity index is 1.52. The smallest absolute Gasteiger partial charge is 0.247 e. The highest BCUT2D eigenvalue weighted by Gasteiger charge is 2.23. The molecule has 0 aliphatic rings. The molecule has 0 aliphatic carbocycles. The van der Waals surface area contributed by atoms with E-state index in [0.717, 1.165) is 27.7 Å². The van der Waals surface area contributed by atoms with E-state index in [1.165, 1.54) is 0 Å². The summed E-state index contributed by atoms with van der Waals surface area (Å²) in [6.07, 6.45) is 0.535. The van der Waals surface area contributed by atoms with Gasteiger partial charge in [0.2, 0.25) is 11.8 Å². The van der Waals surface area contributed by atoms with Gasteiger partial charge >= 0.3 is 0 Å². The number of anilines is 1. The maximum Gasteiger partial charge on any atom is 0.247 e. The normalized spacial score (nSPS) is 11.5. The molecule has 6 nitrogen and oxygen atoms in total. The Morgan fingerprint density at radius 3 is 2.39 bits per heavy atom. The zero-order valence-corrected chi connectivity index (χ0v) is 18.3. The summed E-state index contributed by atoms with van der Waals surface area (Å²) in [5.74, 6) is -0.536. The van der Waals surface area contributed by atoms with Crippen LogP contribution >= 0.6 is 0 Å². The molecule has 1 atom stereocenters. The molecule has 0 bridgehead atoms. The van der Waals surface area contributed by atoms with E-state index in [4.69, 9.17) is 5.26 Å². The molecule has 33 heavy (non-hydrogen) atoms. The third kappa shape index (κ3) is 5.28. The molecule has 1 aromatic heterocycles. The average molecular weight is 437 g/mol. The van der Waals surface area contributed by atoms with Crippen molar-refractivity contribution in [2.24, 2.45) is 0 Å². The Morgan fingerprint density at radius 1 is 0.970 bits per heavy atom. The van der Waals surface area contributed by atoms with Crippen molar-refractivity contribution in [3.8, 4) is 6.07 Å². The molecule has 4 aromatic rings. The average Bonchev–Trinajstić information content (AvgIpc) is 3.14. The van der Waals surface area contributed by atoms with Gasteiger partial charge in [-0.1, -0.05) is 48.5 Å². The Morgan fingerprint density at radius 2 is 1.67 bits per heavy atom. The summed E-state index contributed by atoms with van der Waals surface area (Å²) >= 11 is 0. The highest BCUT2D eigenvalue weighted by molar-refractivity contribution is 5.98. The number of rotatable bonds is 7. The standard InChI is InChI=1S/C27H24N4O2/c1-18-23(22-9-5-6-10-24(22)29-18)16-26(32)31-25(15-19-7-3-2-4-8-19)27(33)30-21-13-11-20(17-28)12-14-21/h2-14,25,29H,15-16H2,1H3,(H,30,33)(H,31,32)/t25-/m0/s1. The van der Waals surface area contributed by atoms with Crippen LogP contribution in [0.3, 0.4) is 0 Å². The predicted molar refractivity (Wildman–Crippen MR) is 129 cm³/mol. The number of amides is 2. The van der Waals surface area contributed by atoms with Gasteiger partial charge in [-0.3, -0.25) is 9.59 Å². The Kier molecular flexibility index (Phi) is 6.51. The van der Waals surface area contributed by atoms with Crippen LogP contribution in [0.15, 0.2) is 78.9 Å². The van der Waals surface area contributed by atoms with Gasteiger partial charge < -0.3 is 15.6 Å².